The Balaban J connectivity index is 1.71. The van der Waals surface area contributed by atoms with Gasteiger partial charge in [0.1, 0.15) is 0 Å². The number of aryl methyl sites for hydroxylation is 2. The van der Waals surface area contributed by atoms with Gasteiger partial charge in [0.15, 0.2) is 0 Å². The predicted molar refractivity (Wildman–Crippen MR) is 81.9 cm³/mol. The van der Waals surface area contributed by atoms with Crippen LogP contribution in [0.3, 0.4) is 0 Å². The molecule has 2 heterocycles. The van der Waals surface area contributed by atoms with Crippen molar-refractivity contribution in [2.75, 3.05) is 13.1 Å². The number of nitrogens with one attached hydrogen (secondary N) is 1. The van der Waals surface area contributed by atoms with Crippen LogP contribution in [0, 0.1) is 0 Å². The lowest BCUT2D eigenvalue weighted by atomic mass is 10.2. The van der Waals surface area contributed by atoms with Crippen LogP contribution in [0.2, 0.25) is 0 Å². The van der Waals surface area contributed by atoms with E-state index in [1.807, 2.05) is 11.3 Å². The molecule has 0 aliphatic carbocycles. The molecule has 0 amide bonds. The van der Waals surface area contributed by atoms with Crippen molar-refractivity contribution < 1.29 is 0 Å². The number of aromatic nitrogens is 2. The maximum absolute atomic E-state index is 4.63. The van der Waals surface area contributed by atoms with Gasteiger partial charge in [-0.05, 0) is 36.8 Å². The van der Waals surface area contributed by atoms with Crippen molar-refractivity contribution in [2.24, 2.45) is 0 Å². The van der Waals surface area contributed by atoms with Crippen molar-refractivity contribution in [2.45, 2.75) is 39.7 Å². The van der Waals surface area contributed by atoms with E-state index < -0.39 is 0 Å². The van der Waals surface area contributed by atoms with Gasteiger partial charge >= 0.3 is 0 Å². The molecule has 0 unspecified atom stereocenters. The average Bonchev–Trinajstić information content (AvgIpc) is 3.07. The van der Waals surface area contributed by atoms with E-state index in [1.165, 1.54) is 16.3 Å². The van der Waals surface area contributed by atoms with Gasteiger partial charge < -0.3 is 5.32 Å². The van der Waals surface area contributed by atoms with E-state index in [1.54, 1.807) is 0 Å². The third-order valence-corrected chi connectivity index (χ3v) is 4.20. The quantitative estimate of drug-likeness (QED) is 0.752. The van der Waals surface area contributed by atoms with Gasteiger partial charge in [-0.2, -0.15) is 5.10 Å². The first-order valence-corrected chi connectivity index (χ1v) is 8.00. The molecule has 0 spiro atoms. The van der Waals surface area contributed by atoms with Crippen molar-refractivity contribution in [3.05, 3.63) is 39.8 Å². The van der Waals surface area contributed by atoms with Crippen molar-refractivity contribution in [3.8, 4) is 0 Å². The van der Waals surface area contributed by atoms with Crippen molar-refractivity contribution in [3.63, 3.8) is 0 Å². The molecular formula is C15H23N3S. The largest absolute Gasteiger partial charge is 0.315 e. The minimum Gasteiger partial charge on any atom is -0.315 e. The van der Waals surface area contributed by atoms with Gasteiger partial charge in [-0.1, -0.05) is 19.9 Å². The third kappa shape index (κ3) is 4.18. The highest BCUT2D eigenvalue weighted by Crippen LogP contribution is 2.08. The molecule has 0 aliphatic heterocycles. The summed E-state index contributed by atoms with van der Waals surface area (Å²) >= 11 is 1.83. The molecule has 2 aromatic rings. The zero-order valence-corrected chi connectivity index (χ0v) is 12.7. The van der Waals surface area contributed by atoms with E-state index in [9.17, 15) is 0 Å². The zero-order chi connectivity index (χ0) is 13.5. The minimum absolute atomic E-state index is 0.966. The van der Waals surface area contributed by atoms with Gasteiger partial charge in [0.05, 0.1) is 12.2 Å². The molecule has 4 heteroatoms. The fourth-order valence-electron chi connectivity index (χ4n) is 2.14. The number of thiophene rings is 1. The Bertz CT molecular complexity index is 474. The molecule has 3 nitrogen and oxygen atoms in total. The van der Waals surface area contributed by atoms with E-state index in [4.69, 9.17) is 0 Å². The first-order valence-electron chi connectivity index (χ1n) is 7.12. The van der Waals surface area contributed by atoms with E-state index in [2.05, 4.69) is 52.5 Å². The lowest BCUT2D eigenvalue weighted by Gasteiger charge is -2.07. The summed E-state index contributed by atoms with van der Waals surface area (Å²) in [7, 11) is 0. The van der Waals surface area contributed by atoms with Crippen LogP contribution in [0.15, 0.2) is 23.6 Å². The van der Waals surface area contributed by atoms with Crippen LogP contribution in [0.4, 0.5) is 0 Å². The minimum atomic E-state index is 0.966. The Morgan fingerprint density at radius 2 is 2.16 bits per heavy atom. The summed E-state index contributed by atoms with van der Waals surface area (Å²) in [5, 5.41) is 10.3. The van der Waals surface area contributed by atoms with Crippen LogP contribution < -0.4 is 5.32 Å². The second-order valence-corrected chi connectivity index (χ2v) is 5.67. The second-order valence-electron chi connectivity index (χ2n) is 4.64. The zero-order valence-electron chi connectivity index (χ0n) is 11.9. The van der Waals surface area contributed by atoms with Gasteiger partial charge in [-0.3, -0.25) is 4.68 Å². The van der Waals surface area contributed by atoms with E-state index in [0.29, 0.717) is 0 Å². The van der Waals surface area contributed by atoms with E-state index in [0.717, 1.165) is 38.9 Å². The molecule has 0 aromatic carbocycles. The molecule has 0 radical (unpaired) electrons. The third-order valence-electron chi connectivity index (χ3n) is 3.27. The van der Waals surface area contributed by atoms with E-state index >= 15 is 0 Å². The first-order chi connectivity index (χ1) is 9.33. The summed E-state index contributed by atoms with van der Waals surface area (Å²) in [6.07, 6.45) is 3.20. The smallest absolute Gasteiger partial charge is 0.0624 e. The van der Waals surface area contributed by atoms with Gasteiger partial charge in [0.2, 0.25) is 0 Å². The first kappa shape index (κ1) is 14.3. The molecule has 0 atom stereocenters. The van der Waals surface area contributed by atoms with E-state index in [-0.39, 0.29) is 0 Å². The number of hydrogen-bond donors (Lipinski definition) is 1. The molecular weight excluding hydrogens is 254 g/mol. The van der Waals surface area contributed by atoms with Crippen molar-refractivity contribution in [1.82, 2.24) is 15.1 Å². The lowest BCUT2D eigenvalue weighted by Crippen LogP contribution is -2.23. The van der Waals surface area contributed by atoms with Crippen molar-refractivity contribution in [1.29, 1.82) is 0 Å². The predicted octanol–water partition coefficient (Wildman–Crippen LogP) is 2.90. The summed E-state index contributed by atoms with van der Waals surface area (Å²) in [5.74, 6) is 0. The highest BCUT2D eigenvalue weighted by molar-refractivity contribution is 7.09. The normalized spacial score (nSPS) is 11.1. The number of nitrogens with zero attached hydrogens (tertiary/aromatic N) is 2. The summed E-state index contributed by atoms with van der Waals surface area (Å²) in [4.78, 5) is 1.45. The monoisotopic (exact) mass is 277 g/mol. The standard InChI is InChI=1S/C15H23N3S/c1-3-13-12-14(4-2)18(17-13)10-9-16-8-7-15-6-5-11-19-15/h5-6,11-12,16H,3-4,7-10H2,1-2H3. The highest BCUT2D eigenvalue weighted by Gasteiger charge is 2.04. The molecule has 19 heavy (non-hydrogen) atoms. The van der Waals surface area contributed by atoms with Crippen LogP contribution in [0.1, 0.15) is 30.1 Å². The number of rotatable bonds is 8. The Hall–Kier alpha value is -1.13. The fraction of sp³-hybridized carbons (Fsp3) is 0.533. The molecule has 104 valence electrons. The molecule has 0 saturated heterocycles. The summed E-state index contributed by atoms with van der Waals surface area (Å²) in [5.41, 5.74) is 2.55. The van der Waals surface area contributed by atoms with Crippen LogP contribution in [-0.4, -0.2) is 22.9 Å². The van der Waals surface area contributed by atoms with Crippen LogP contribution in [-0.2, 0) is 25.8 Å². The summed E-state index contributed by atoms with van der Waals surface area (Å²) in [6.45, 7) is 7.35. The molecule has 0 bridgehead atoms. The van der Waals surface area contributed by atoms with Crippen molar-refractivity contribution >= 4 is 11.3 Å². The van der Waals surface area contributed by atoms with Gasteiger partial charge in [-0.25, -0.2) is 0 Å². The maximum Gasteiger partial charge on any atom is 0.0624 e. The maximum atomic E-state index is 4.63. The van der Waals surface area contributed by atoms with Gasteiger partial charge in [-0.15, -0.1) is 11.3 Å². The lowest BCUT2D eigenvalue weighted by molar-refractivity contribution is 0.537. The molecule has 0 fully saturated rings. The summed E-state index contributed by atoms with van der Waals surface area (Å²) < 4.78 is 2.15. The van der Waals surface area contributed by atoms with Crippen LogP contribution in [0.5, 0.6) is 0 Å². The van der Waals surface area contributed by atoms with Crippen LogP contribution >= 0.6 is 11.3 Å². The molecule has 1 N–H and O–H groups in total. The van der Waals surface area contributed by atoms with Gasteiger partial charge in [0.25, 0.3) is 0 Å². The second kappa shape index (κ2) is 7.46. The molecule has 0 aliphatic rings. The highest BCUT2D eigenvalue weighted by atomic mass is 32.1. The molecule has 0 saturated carbocycles. The Morgan fingerprint density at radius 1 is 1.26 bits per heavy atom. The molecule has 2 rings (SSSR count). The van der Waals surface area contributed by atoms with Crippen LogP contribution in [0.25, 0.3) is 0 Å². The average molecular weight is 277 g/mol. The Morgan fingerprint density at radius 3 is 2.84 bits per heavy atom. The Labute approximate surface area is 119 Å². The number of hydrogen-bond acceptors (Lipinski definition) is 3. The molecule has 2 aromatic heterocycles. The SMILES string of the molecule is CCc1cc(CC)n(CCNCCc2cccs2)n1. The fourth-order valence-corrected chi connectivity index (χ4v) is 2.85. The summed E-state index contributed by atoms with van der Waals surface area (Å²) in [6, 6.07) is 6.54. The topological polar surface area (TPSA) is 29.9 Å². The Kier molecular flexibility index (Phi) is 5.61. The van der Waals surface area contributed by atoms with Gasteiger partial charge in [0, 0.05) is 23.7 Å².